The summed E-state index contributed by atoms with van der Waals surface area (Å²) in [5.74, 6) is 0. The van der Waals surface area contributed by atoms with Gasteiger partial charge in [0.05, 0.1) is 0 Å². The van der Waals surface area contributed by atoms with Crippen LogP contribution in [0, 0.1) is 0 Å². The quantitative estimate of drug-likeness (QED) is 0.752. The van der Waals surface area contributed by atoms with Gasteiger partial charge in [0.25, 0.3) is 0 Å². The third kappa shape index (κ3) is 4.87. The molecular weight excluding hydrogens is 222 g/mol. The first-order valence-corrected chi connectivity index (χ1v) is 7.72. The van der Waals surface area contributed by atoms with Crippen molar-refractivity contribution in [1.29, 1.82) is 0 Å². The topological polar surface area (TPSA) is 18.5 Å². The summed E-state index contributed by atoms with van der Waals surface area (Å²) in [7, 11) is 4.34. The molecule has 0 aliphatic carbocycles. The minimum atomic E-state index is 0.707. The van der Waals surface area contributed by atoms with Gasteiger partial charge in [-0.1, -0.05) is 20.3 Å². The average molecular weight is 255 g/mol. The van der Waals surface area contributed by atoms with Crippen molar-refractivity contribution in [2.24, 2.45) is 0 Å². The minimum Gasteiger partial charge on any atom is -0.311 e. The molecule has 1 rings (SSSR count). The fourth-order valence-corrected chi connectivity index (χ4v) is 2.96. The molecular formula is C15H33N3. The summed E-state index contributed by atoms with van der Waals surface area (Å²) in [5, 5.41) is 3.72. The Balaban J connectivity index is 2.50. The van der Waals surface area contributed by atoms with E-state index in [1.54, 1.807) is 0 Å². The number of piperazine rings is 1. The van der Waals surface area contributed by atoms with Crippen LogP contribution in [0.2, 0.25) is 0 Å². The zero-order chi connectivity index (χ0) is 13.5. The minimum absolute atomic E-state index is 0.707. The third-order valence-corrected chi connectivity index (χ3v) is 4.21. The van der Waals surface area contributed by atoms with Gasteiger partial charge in [-0.2, -0.15) is 0 Å². The van der Waals surface area contributed by atoms with E-state index in [-0.39, 0.29) is 0 Å². The standard InChI is InChI=1S/C15H33N3/c1-6-8-14-12-18(15(7-2)11-16-14)13(3)9-10-17(4)5/h13-16H,6-12H2,1-5H3. The molecule has 1 N–H and O–H groups in total. The normalized spacial score (nSPS) is 27.7. The second-order valence-corrected chi connectivity index (χ2v) is 6.09. The summed E-state index contributed by atoms with van der Waals surface area (Å²) in [5.41, 5.74) is 0. The van der Waals surface area contributed by atoms with Crippen molar-refractivity contribution in [3.05, 3.63) is 0 Å². The van der Waals surface area contributed by atoms with Crippen LogP contribution in [0.15, 0.2) is 0 Å². The molecule has 0 aromatic rings. The van der Waals surface area contributed by atoms with Gasteiger partial charge in [-0.3, -0.25) is 4.90 Å². The highest BCUT2D eigenvalue weighted by atomic mass is 15.3. The SMILES string of the molecule is CCCC1CN(C(C)CCN(C)C)C(CC)CN1. The smallest absolute Gasteiger partial charge is 0.0221 e. The number of rotatable bonds is 7. The van der Waals surface area contributed by atoms with Crippen molar-refractivity contribution in [3.8, 4) is 0 Å². The van der Waals surface area contributed by atoms with E-state index in [1.807, 2.05) is 0 Å². The van der Waals surface area contributed by atoms with Crippen molar-refractivity contribution < 1.29 is 0 Å². The molecule has 3 nitrogen and oxygen atoms in total. The van der Waals surface area contributed by atoms with E-state index in [0.717, 1.165) is 6.04 Å². The number of hydrogen-bond donors (Lipinski definition) is 1. The van der Waals surface area contributed by atoms with Gasteiger partial charge in [0.2, 0.25) is 0 Å². The van der Waals surface area contributed by atoms with Crippen molar-refractivity contribution in [3.63, 3.8) is 0 Å². The Morgan fingerprint density at radius 3 is 2.61 bits per heavy atom. The van der Waals surface area contributed by atoms with Crippen LogP contribution < -0.4 is 5.32 Å². The van der Waals surface area contributed by atoms with E-state index in [0.29, 0.717) is 12.1 Å². The molecule has 108 valence electrons. The Hall–Kier alpha value is -0.120. The van der Waals surface area contributed by atoms with Crippen molar-refractivity contribution >= 4 is 0 Å². The zero-order valence-corrected chi connectivity index (χ0v) is 13.1. The first kappa shape index (κ1) is 15.9. The second-order valence-electron chi connectivity index (χ2n) is 6.09. The van der Waals surface area contributed by atoms with Gasteiger partial charge in [0.15, 0.2) is 0 Å². The Morgan fingerprint density at radius 2 is 2.06 bits per heavy atom. The van der Waals surface area contributed by atoms with E-state index < -0.39 is 0 Å². The maximum absolute atomic E-state index is 3.72. The van der Waals surface area contributed by atoms with Gasteiger partial charge in [-0.15, -0.1) is 0 Å². The average Bonchev–Trinajstić information content (AvgIpc) is 2.36. The maximum Gasteiger partial charge on any atom is 0.0221 e. The Kier molecular flexibility index (Phi) is 7.20. The molecule has 0 saturated carbocycles. The predicted molar refractivity (Wildman–Crippen MR) is 80.1 cm³/mol. The molecule has 1 saturated heterocycles. The van der Waals surface area contributed by atoms with Crippen LogP contribution in [0.1, 0.15) is 46.5 Å². The Labute approximate surface area is 114 Å². The maximum atomic E-state index is 3.72. The lowest BCUT2D eigenvalue weighted by Gasteiger charge is -2.44. The summed E-state index contributed by atoms with van der Waals surface area (Å²) in [6.45, 7) is 10.6. The highest BCUT2D eigenvalue weighted by Gasteiger charge is 2.29. The highest BCUT2D eigenvalue weighted by molar-refractivity contribution is 4.88. The highest BCUT2D eigenvalue weighted by Crippen LogP contribution is 2.18. The van der Waals surface area contributed by atoms with Crippen molar-refractivity contribution in [2.45, 2.75) is 64.6 Å². The summed E-state index contributed by atoms with van der Waals surface area (Å²) in [6.07, 6.45) is 5.14. The van der Waals surface area contributed by atoms with Crippen LogP contribution in [0.4, 0.5) is 0 Å². The molecule has 1 fully saturated rings. The monoisotopic (exact) mass is 255 g/mol. The molecule has 0 spiro atoms. The van der Waals surface area contributed by atoms with Crippen LogP contribution in [-0.4, -0.2) is 61.7 Å². The van der Waals surface area contributed by atoms with Crippen molar-refractivity contribution in [1.82, 2.24) is 15.1 Å². The lowest BCUT2D eigenvalue weighted by Crippen LogP contribution is -2.58. The molecule has 0 aromatic carbocycles. The van der Waals surface area contributed by atoms with Gasteiger partial charge in [0.1, 0.15) is 0 Å². The molecule has 1 aliphatic rings. The summed E-state index contributed by atoms with van der Waals surface area (Å²) >= 11 is 0. The van der Waals surface area contributed by atoms with Crippen LogP contribution in [-0.2, 0) is 0 Å². The molecule has 3 unspecified atom stereocenters. The van der Waals surface area contributed by atoms with E-state index in [4.69, 9.17) is 0 Å². The first-order valence-electron chi connectivity index (χ1n) is 7.72. The largest absolute Gasteiger partial charge is 0.311 e. The van der Waals surface area contributed by atoms with E-state index in [9.17, 15) is 0 Å². The van der Waals surface area contributed by atoms with E-state index in [1.165, 1.54) is 45.3 Å². The number of nitrogens with one attached hydrogen (secondary N) is 1. The molecule has 0 aromatic heterocycles. The Bertz CT molecular complexity index is 218. The Morgan fingerprint density at radius 1 is 1.33 bits per heavy atom. The summed E-state index contributed by atoms with van der Waals surface area (Å²) in [6, 6.07) is 2.15. The van der Waals surface area contributed by atoms with Gasteiger partial charge in [0, 0.05) is 31.2 Å². The molecule has 0 amide bonds. The van der Waals surface area contributed by atoms with Crippen LogP contribution >= 0.6 is 0 Å². The lowest BCUT2D eigenvalue weighted by atomic mass is 10.0. The number of nitrogens with zero attached hydrogens (tertiary/aromatic N) is 2. The third-order valence-electron chi connectivity index (χ3n) is 4.21. The summed E-state index contributed by atoms with van der Waals surface area (Å²) < 4.78 is 0. The second kappa shape index (κ2) is 8.13. The van der Waals surface area contributed by atoms with Crippen LogP contribution in [0.5, 0.6) is 0 Å². The zero-order valence-electron chi connectivity index (χ0n) is 13.1. The fourth-order valence-electron chi connectivity index (χ4n) is 2.96. The van der Waals surface area contributed by atoms with Gasteiger partial charge < -0.3 is 10.2 Å². The van der Waals surface area contributed by atoms with E-state index >= 15 is 0 Å². The molecule has 0 radical (unpaired) electrons. The van der Waals surface area contributed by atoms with Gasteiger partial charge >= 0.3 is 0 Å². The van der Waals surface area contributed by atoms with Gasteiger partial charge in [-0.25, -0.2) is 0 Å². The molecule has 18 heavy (non-hydrogen) atoms. The molecule has 0 bridgehead atoms. The first-order chi connectivity index (χ1) is 8.58. The van der Waals surface area contributed by atoms with Crippen LogP contribution in [0.25, 0.3) is 0 Å². The number of hydrogen-bond acceptors (Lipinski definition) is 3. The summed E-state index contributed by atoms with van der Waals surface area (Å²) in [4.78, 5) is 5.05. The van der Waals surface area contributed by atoms with Crippen molar-refractivity contribution in [2.75, 3.05) is 33.7 Å². The molecule has 1 heterocycles. The molecule has 3 atom stereocenters. The van der Waals surface area contributed by atoms with E-state index in [2.05, 4.69) is 50.0 Å². The van der Waals surface area contributed by atoms with Crippen LogP contribution in [0.3, 0.4) is 0 Å². The molecule has 3 heteroatoms. The lowest BCUT2D eigenvalue weighted by molar-refractivity contribution is 0.0762. The predicted octanol–water partition coefficient (Wildman–Crippen LogP) is 2.18. The molecule has 1 aliphatic heterocycles. The fraction of sp³-hybridized carbons (Fsp3) is 1.00. The van der Waals surface area contributed by atoms with Gasteiger partial charge in [-0.05, 0) is 46.8 Å².